The molecular formula is C17H25NO3S. The van der Waals surface area contributed by atoms with Gasteiger partial charge in [0.05, 0.1) is 5.75 Å². The molecule has 1 amide bonds. The van der Waals surface area contributed by atoms with E-state index in [9.17, 15) is 9.90 Å². The number of aliphatic hydroxyl groups is 1. The minimum atomic E-state index is -0.159. The molecule has 2 N–H and O–H groups in total. The molecule has 0 saturated carbocycles. The number of phenolic OH excluding ortho intramolecular Hbond substituents is 1. The summed E-state index contributed by atoms with van der Waals surface area (Å²) in [7, 11) is 0. The molecule has 4 nitrogen and oxygen atoms in total. The zero-order valence-corrected chi connectivity index (χ0v) is 14.5. The second kappa shape index (κ2) is 6.50. The van der Waals surface area contributed by atoms with Gasteiger partial charge in [-0.05, 0) is 47.6 Å². The Morgan fingerprint density at radius 2 is 2.05 bits per heavy atom. The number of aryl methyl sites for hydroxylation is 1. The van der Waals surface area contributed by atoms with Crippen molar-refractivity contribution in [3.8, 4) is 5.75 Å². The summed E-state index contributed by atoms with van der Waals surface area (Å²) in [5.74, 6) is 0.930. The van der Waals surface area contributed by atoms with E-state index in [1.54, 1.807) is 11.8 Å². The fourth-order valence-electron chi connectivity index (χ4n) is 2.73. The highest BCUT2D eigenvalue weighted by atomic mass is 32.2. The third kappa shape index (κ3) is 3.41. The number of carbonyl (C=O) groups is 1. The van der Waals surface area contributed by atoms with E-state index in [2.05, 4.69) is 20.8 Å². The molecule has 0 aromatic heterocycles. The van der Waals surface area contributed by atoms with Crippen LogP contribution in [0, 0.1) is 6.92 Å². The SMILES string of the molecule is Cc1cc(C2SCC(=O)N2CCCO)cc(C(C)(C)C)c1O. The Balaban J connectivity index is 2.39. The Labute approximate surface area is 136 Å². The fourth-order valence-corrected chi connectivity index (χ4v) is 3.93. The Hall–Kier alpha value is -1.20. The van der Waals surface area contributed by atoms with Crippen LogP contribution in [0.25, 0.3) is 0 Å². The van der Waals surface area contributed by atoms with E-state index in [0.717, 1.165) is 16.7 Å². The van der Waals surface area contributed by atoms with Crippen LogP contribution in [0.15, 0.2) is 12.1 Å². The van der Waals surface area contributed by atoms with Gasteiger partial charge in [-0.25, -0.2) is 0 Å². The highest BCUT2D eigenvalue weighted by Crippen LogP contribution is 2.42. The van der Waals surface area contributed by atoms with Crippen LogP contribution in [0.2, 0.25) is 0 Å². The van der Waals surface area contributed by atoms with E-state index >= 15 is 0 Å². The van der Waals surface area contributed by atoms with Crippen LogP contribution < -0.4 is 0 Å². The van der Waals surface area contributed by atoms with Crippen LogP contribution in [0.1, 0.15) is 49.3 Å². The van der Waals surface area contributed by atoms with Gasteiger partial charge in [-0.2, -0.15) is 0 Å². The quantitative estimate of drug-likeness (QED) is 0.894. The van der Waals surface area contributed by atoms with Gasteiger partial charge in [0.1, 0.15) is 11.1 Å². The van der Waals surface area contributed by atoms with Crippen molar-refractivity contribution in [2.75, 3.05) is 18.9 Å². The van der Waals surface area contributed by atoms with E-state index in [4.69, 9.17) is 5.11 Å². The van der Waals surface area contributed by atoms with Crippen LogP contribution in [0.4, 0.5) is 0 Å². The third-order valence-corrected chi connectivity index (χ3v) is 5.20. The minimum absolute atomic E-state index is 0.0283. The summed E-state index contributed by atoms with van der Waals surface area (Å²) in [5, 5.41) is 19.3. The zero-order valence-electron chi connectivity index (χ0n) is 13.7. The number of aromatic hydroxyl groups is 1. The summed E-state index contributed by atoms with van der Waals surface area (Å²) < 4.78 is 0. The van der Waals surface area contributed by atoms with Gasteiger partial charge >= 0.3 is 0 Å². The lowest BCUT2D eigenvalue weighted by Gasteiger charge is -2.27. The first-order valence-corrected chi connectivity index (χ1v) is 8.66. The molecule has 1 saturated heterocycles. The number of rotatable bonds is 4. The van der Waals surface area contributed by atoms with Gasteiger partial charge in [-0.1, -0.05) is 20.8 Å². The Bertz CT molecular complexity index is 566. The molecule has 0 radical (unpaired) electrons. The first kappa shape index (κ1) is 17.2. The van der Waals surface area contributed by atoms with Crippen LogP contribution in [-0.4, -0.2) is 39.9 Å². The van der Waals surface area contributed by atoms with E-state index < -0.39 is 0 Å². The van der Waals surface area contributed by atoms with Crippen molar-refractivity contribution >= 4 is 17.7 Å². The molecule has 0 bridgehead atoms. The molecule has 1 fully saturated rings. The van der Waals surface area contributed by atoms with Crippen LogP contribution in [0.3, 0.4) is 0 Å². The second-order valence-electron chi connectivity index (χ2n) is 6.81. The largest absolute Gasteiger partial charge is 0.507 e. The minimum Gasteiger partial charge on any atom is -0.507 e. The Morgan fingerprint density at radius 3 is 2.64 bits per heavy atom. The van der Waals surface area contributed by atoms with Gasteiger partial charge in [0.25, 0.3) is 0 Å². The molecule has 1 aliphatic rings. The predicted molar refractivity (Wildman–Crippen MR) is 90.2 cm³/mol. The van der Waals surface area contributed by atoms with E-state index in [1.165, 1.54) is 0 Å². The number of carbonyl (C=O) groups excluding carboxylic acids is 1. The molecule has 1 unspecified atom stereocenters. The summed E-state index contributed by atoms with van der Waals surface area (Å²) >= 11 is 1.61. The van der Waals surface area contributed by atoms with Crippen molar-refractivity contribution in [2.24, 2.45) is 0 Å². The molecule has 1 heterocycles. The monoisotopic (exact) mass is 323 g/mol. The normalized spacial score (nSPS) is 19.0. The van der Waals surface area contributed by atoms with E-state index in [-0.39, 0.29) is 23.3 Å². The highest BCUT2D eigenvalue weighted by molar-refractivity contribution is 8.00. The summed E-state index contributed by atoms with van der Waals surface area (Å²) in [5.41, 5.74) is 2.64. The van der Waals surface area contributed by atoms with Gasteiger partial charge in [0.2, 0.25) is 5.91 Å². The molecule has 0 spiro atoms. The van der Waals surface area contributed by atoms with Crippen molar-refractivity contribution < 1.29 is 15.0 Å². The summed E-state index contributed by atoms with van der Waals surface area (Å²) in [6, 6.07) is 3.98. The maximum absolute atomic E-state index is 12.1. The summed E-state index contributed by atoms with van der Waals surface area (Å²) in [4.78, 5) is 13.9. The molecular weight excluding hydrogens is 298 g/mol. The van der Waals surface area contributed by atoms with Crippen LogP contribution in [0.5, 0.6) is 5.75 Å². The average Bonchev–Trinajstić information content (AvgIpc) is 2.79. The molecule has 2 rings (SSSR count). The number of nitrogens with zero attached hydrogens (tertiary/aromatic N) is 1. The fraction of sp³-hybridized carbons (Fsp3) is 0.588. The van der Waals surface area contributed by atoms with E-state index in [0.29, 0.717) is 24.5 Å². The van der Waals surface area contributed by atoms with Gasteiger partial charge in [0, 0.05) is 13.2 Å². The molecule has 122 valence electrons. The maximum Gasteiger partial charge on any atom is 0.233 e. The molecule has 22 heavy (non-hydrogen) atoms. The van der Waals surface area contributed by atoms with Crippen molar-refractivity contribution in [3.05, 3.63) is 28.8 Å². The summed E-state index contributed by atoms with van der Waals surface area (Å²) in [6.45, 7) is 8.76. The van der Waals surface area contributed by atoms with Crippen molar-refractivity contribution in [2.45, 2.75) is 44.9 Å². The highest BCUT2D eigenvalue weighted by Gasteiger charge is 2.33. The Kier molecular flexibility index (Phi) is 5.07. The molecule has 1 atom stereocenters. The zero-order chi connectivity index (χ0) is 16.5. The number of phenols is 1. The van der Waals surface area contributed by atoms with Gasteiger partial charge in [-0.15, -0.1) is 11.8 Å². The lowest BCUT2D eigenvalue weighted by atomic mass is 9.84. The number of benzene rings is 1. The Morgan fingerprint density at radius 1 is 1.36 bits per heavy atom. The molecule has 1 aromatic rings. The van der Waals surface area contributed by atoms with Gasteiger partial charge < -0.3 is 15.1 Å². The summed E-state index contributed by atoms with van der Waals surface area (Å²) in [6.07, 6.45) is 0.589. The number of thioether (sulfide) groups is 1. The van der Waals surface area contributed by atoms with Crippen LogP contribution in [-0.2, 0) is 10.2 Å². The van der Waals surface area contributed by atoms with Crippen molar-refractivity contribution in [1.82, 2.24) is 4.90 Å². The lowest BCUT2D eigenvalue weighted by molar-refractivity contribution is -0.128. The van der Waals surface area contributed by atoms with Crippen LogP contribution >= 0.6 is 11.8 Å². The smallest absolute Gasteiger partial charge is 0.233 e. The second-order valence-corrected chi connectivity index (χ2v) is 7.88. The van der Waals surface area contributed by atoms with Gasteiger partial charge in [-0.3, -0.25) is 4.79 Å². The van der Waals surface area contributed by atoms with Crippen molar-refractivity contribution in [1.29, 1.82) is 0 Å². The molecule has 1 aromatic carbocycles. The third-order valence-electron chi connectivity index (χ3n) is 3.94. The number of hydrogen-bond acceptors (Lipinski definition) is 4. The molecule has 5 heteroatoms. The molecule has 1 aliphatic heterocycles. The first-order chi connectivity index (χ1) is 10.3. The first-order valence-electron chi connectivity index (χ1n) is 7.61. The topological polar surface area (TPSA) is 60.8 Å². The van der Waals surface area contributed by atoms with E-state index in [1.807, 2.05) is 24.0 Å². The average molecular weight is 323 g/mol. The van der Waals surface area contributed by atoms with Crippen molar-refractivity contribution in [3.63, 3.8) is 0 Å². The number of hydrogen-bond donors (Lipinski definition) is 2. The van der Waals surface area contributed by atoms with Gasteiger partial charge in [0.15, 0.2) is 0 Å². The molecule has 0 aliphatic carbocycles. The number of amides is 1. The standard InChI is InChI=1S/C17H25NO3S/c1-11-8-12(9-13(15(11)21)17(2,3)4)16-18(6-5-7-19)14(20)10-22-16/h8-9,16,19,21H,5-7,10H2,1-4H3. The predicted octanol–water partition coefficient (Wildman–Crippen LogP) is 2.95. The lowest BCUT2D eigenvalue weighted by Crippen LogP contribution is -2.30. The maximum atomic E-state index is 12.1. The number of aliphatic hydroxyl groups excluding tert-OH is 1.